The van der Waals surface area contributed by atoms with Crippen LogP contribution in [-0.2, 0) is 16.0 Å². The van der Waals surface area contributed by atoms with Crippen molar-refractivity contribution in [2.24, 2.45) is 0 Å². The third kappa shape index (κ3) is 3.43. The summed E-state index contributed by atoms with van der Waals surface area (Å²) in [5.41, 5.74) is 1.13. The summed E-state index contributed by atoms with van der Waals surface area (Å²) >= 11 is 0. The number of aromatic amines is 1. The molecule has 1 aromatic heterocycles. The molecule has 2 rings (SSSR count). The fourth-order valence-electron chi connectivity index (χ4n) is 1.88. The maximum absolute atomic E-state index is 12.1. The number of carbonyl (C=O) groups excluding carboxylic acids is 1. The number of rotatable bonds is 4. The van der Waals surface area contributed by atoms with Gasteiger partial charge in [-0.3, -0.25) is 4.79 Å². The summed E-state index contributed by atoms with van der Waals surface area (Å²) in [6.45, 7) is 1.98. The highest BCUT2D eigenvalue weighted by Crippen LogP contribution is 2.27. The number of halogens is 3. The smallest absolute Gasteiger partial charge is 0.466 e. The quantitative estimate of drug-likeness (QED) is 0.879. The van der Waals surface area contributed by atoms with Gasteiger partial charge in [0.15, 0.2) is 0 Å². The molecule has 1 aromatic carbocycles. The molecule has 0 bridgehead atoms. The monoisotopic (exact) mass is 287 g/mol. The largest absolute Gasteiger partial charge is 0.573 e. The lowest BCUT2D eigenvalue weighted by atomic mass is 10.1. The van der Waals surface area contributed by atoms with Crippen LogP contribution < -0.4 is 4.74 Å². The Kier molecular flexibility index (Phi) is 3.87. The fourth-order valence-corrected chi connectivity index (χ4v) is 1.88. The van der Waals surface area contributed by atoms with E-state index in [4.69, 9.17) is 4.74 Å². The Morgan fingerprint density at radius 1 is 1.35 bits per heavy atom. The second-order valence-electron chi connectivity index (χ2n) is 4.05. The topological polar surface area (TPSA) is 51.3 Å². The lowest BCUT2D eigenvalue weighted by Gasteiger charge is -2.08. The number of carbonyl (C=O) groups is 1. The molecule has 0 atom stereocenters. The van der Waals surface area contributed by atoms with Crippen LogP contribution >= 0.6 is 0 Å². The molecular formula is C13H12F3NO3. The van der Waals surface area contributed by atoms with E-state index in [1.54, 1.807) is 13.1 Å². The van der Waals surface area contributed by atoms with Gasteiger partial charge in [-0.1, -0.05) is 0 Å². The zero-order valence-corrected chi connectivity index (χ0v) is 10.6. The first-order chi connectivity index (χ1) is 9.39. The SMILES string of the molecule is CCOC(=O)Cc1c[nH]c2cc(OC(F)(F)F)ccc12. The van der Waals surface area contributed by atoms with E-state index in [-0.39, 0.29) is 24.7 Å². The lowest BCUT2D eigenvalue weighted by molar-refractivity contribution is -0.274. The van der Waals surface area contributed by atoms with Gasteiger partial charge in [-0.25, -0.2) is 0 Å². The molecule has 0 aliphatic rings. The summed E-state index contributed by atoms with van der Waals surface area (Å²) < 4.78 is 45.0. The van der Waals surface area contributed by atoms with Gasteiger partial charge in [0.1, 0.15) is 5.75 Å². The number of hydrogen-bond donors (Lipinski definition) is 1. The Hall–Kier alpha value is -2.18. The molecule has 7 heteroatoms. The first-order valence-electron chi connectivity index (χ1n) is 5.90. The number of fused-ring (bicyclic) bond motifs is 1. The molecule has 0 spiro atoms. The van der Waals surface area contributed by atoms with Crippen LogP contribution in [0.3, 0.4) is 0 Å². The fraction of sp³-hybridized carbons (Fsp3) is 0.308. The summed E-state index contributed by atoms with van der Waals surface area (Å²) in [4.78, 5) is 14.2. The van der Waals surface area contributed by atoms with Crippen LogP contribution in [0.25, 0.3) is 10.9 Å². The van der Waals surface area contributed by atoms with Crippen LogP contribution in [0.1, 0.15) is 12.5 Å². The third-order valence-electron chi connectivity index (χ3n) is 2.61. The van der Waals surface area contributed by atoms with Crippen molar-refractivity contribution in [2.75, 3.05) is 6.61 Å². The van der Waals surface area contributed by atoms with E-state index in [0.717, 1.165) is 0 Å². The molecule has 0 radical (unpaired) electrons. The van der Waals surface area contributed by atoms with Gasteiger partial charge in [0.05, 0.1) is 13.0 Å². The summed E-state index contributed by atoms with van der Waals surface area (Å²) in [6.07, 6.45) is -3.10. The van der Waals surface area contributed by atoms with Gasteiger partial charge in [-0.2, -0.15) is 0 Å². The van der Waals surface area contributed by atoms with E-state index in [2.05, 4.69) is 9.72 Å². The van der Waals surface area contributed by atoms with Crippen LogP contribution in [0.5, 0.6) is 5.75 Å². The zero-order chi connectivity index (χ0) is 14.8. The van der Waals surface area contributed by atoms with E-state index in [1.165, 1.54) is 18.2 Å². The van der Waals surface area contributed by atoms with Crippen LogP contribution in [0.15, 0.2) is 24.4 Å². The third-order valence-corrected chi connectivity index (χ3v) is 2.61. The van der Waals surface area contributed by atoms with E-state index in [0.29, 0.717) is 16.5 Å². The summed E-state index contributed by atoms with van der Waals surface area (Å²) in [7, 11) is 0. The van der Waals surface area contributed by atoms with E-state index in [1.807, 2.05) is 0 Å². The molecule has 108 valence electrons. The Labute approximate surface area is 112 Å². The molecule has 2 aromatic rings. The second kappa shape index (κ2) is 5.44. The van der Waals surface area contributed by atoms with Gasteiger partial charge in [0.25, 0.3) is 0 Å². The molecule has 1 N–H and O–H groups in total. The summed E-state index contributed by atoms with van der Waals surface area (Å²) in [6, 6.07) is 3.91. The number of hydrogen-bond acceptors (Lipinski definition) is 3. The highest BCUT2D eigenvalue weighted by molar-refractivity contribution is 5.88. The Bertz CT molecular complexity index is 619. The molecule has 0 saturated carbocycles. The van der Waals surface area contributed by atoms with Crippen molar-refractivity contribution in [3.05, 3.63) is 30.0 Å². The molecule has 0 unspecified atom stereocenters. The first-order valence-corrected chi connectivity index (χ1v) is 5.90. The van der Waals surface area contributed by atoms with Crippen molar-refractivity contribution < 1.29 is 27.4 Å². The van der Waals surface area contributed by atoms with Crippen molar-refractivity contribution in [1.82, 2.24) is 4.98 Å². The standard InChI is InChI=1S/C13H12F3NO3/c1-2-19-12(18)5-8-7-17-11-6-9(3-4-10(8)11)20-13(14,15)16/h3-4,6-7,17H,2,5H2,1H3. The van der Waals surface area contributed by atoms with E-state index < -0.39 is 6.36 Å². The maximum Gasteiger partial charge on any atom is 0.573 e. The van der Waals surface area contributed by atoms with Gasteiger partial charge >= 0.3 is 12.3 Å². The Morgan fingerprint density at radius 3 is 2.75 bits per heavy atom. The van der Waals surface area contributed by atoms with Gasteiger partial charge < -0.3 is 14.5 Å². The minimum absolute atomic E-state index is 0.0628. The minimum atomic E-state index is -4.73. The number of nitrogens with one attached hydrogen (secondary N) is 1. The highest BCUT2D eigenvalue weighted by Gasteiger charge is 2.31. The van der Waals surface area contributed by atoms with Crippen molar-refractivity contribution in [3.8, 4) is 5.75 Å². The summed E-state index contributed by atoms with van der Waals surface area (Å²) in [5.74, 6) is -0.696. The van der Waals surface area contributed by atoms with E-state index in [9.17, 15) is 18.0 Å². The van der Waals surface area contributed by atoms with Gasteiger partial charge in [-0.05, 0) is 24.6 Å². The number of benzene rings is 1. The van der Waals surface area contributed by atoms with Gasteiger partial charge in [0.2, 0.25) is 0 Å². The molecule has 0 aliphatic carbocycles. The predicted octanol–water partition coefficient (Wildman–Crippen LogP) is 3.17. The van der Waals surface area contributed by atoms with Crippen LogP contribution in [-0.4, -0.2) is 23.9 Å². The molecule has 0 amide bonds. The highest BCUT2D eigenvalue weighted by atomic mass is 19.4. The molecule has 4 nitrogen and oxygen atoms in total. The molecule has 0 aliphatic heterocycles. The Balaban J connectivity index is 2.22. The average molecular weight is 287 g/mol. The predicted molar refractivity (Wildman–Crippen MR) is 65.3 cm³/mol. The van der Waals surface area contributed by atoms with Gasteiger partial charge in [0, 0.05) is 23.2 Å². The molecular weight excluding hydrogens is 275 g/mol. The number of alkyl halides is 3. The van der Waals surface area contributed by atoms with Crippen LogP contribution in [0.4, 0.5) is 13.2 Å². The molecule has 0 fully saturated rings. The number of ether oxygens (including phenoxy) is 2. The second-order valence-corrected chi connectivity index (χ2v) is 4.05. The van der Waals surface area contributed by atoms with Crippen molar-refractivity contribution >= 4 is 16.9 Å². The summed E-state index contributed by atoms with van der Waals surface area (Å²) in [5, 5.41) is 0.660. The number of aromatic nitrogens is 1. The normalized spacial score (nSPS) is 11.6. The van der Waals surface area contributed by atoms with Crippen LogP contribution in [0.2, 0.25) is 0 Å². The maximum atomic E-state index is 12.1. The lowest BCUT2D eigenvalue weighted by Crippen LogP contribution is -2.16. The van der Waals surface area contributed by atoms with Crippen molar-refractivity contribution in [3.63, 3.8) is 0 Å². The van der Waals surface area contributed by atoms with E-state index >= 15 is 0 Å². The van der Waals surface area contributed by atoms with Gasteiger partial charge in [-0.15, -0.1) is 13.2 Å². The molecule has 0 saturated heterocycles. The minimum Gasteiger partial charge on any atom is -0.466 e. The number of H-pyrrole nitrogens is 1. The van der Waals surface area contributed by atoms with Crippen molar-refractivity contribution in [1.29, 1.82) is 0 Å². The first kappa shape index (κ1) is 14.2. The number of esters is 1. The van der Waals surface area contributed by atoms with Crippen molar-refractivity contribution in [2.45, 2.75) is 19.7 Å². The molecule has 1 heterocycles. The Morgan fingerprint density at radius 2 is 2.10 bits per heavy atom. The molecule has 20 heavy (non-hydrogen) atoms. The zero-order valence-electron chi connectivity index (χ0n) is 10.6. The van der Waals surface area contributed by atoms with Crippen LogP contribution in [0, 0.1) is 0 Å². The average Bonchev–Trinajstić information content (AvgIpc) is 2.70.